The van der Waals surface area contributed by atoms with Crippen LogP contribution in [0.25, 0.3) is 0 Å². The van der Waals surface area contributed by atoms with Crippen molar-refractivity contribution in [3.63, 3.8) is 0 Å². The van der Waals surface area contributed by atoms with Crippen LogP contribution >= 0.6 is 11.3 Å². The number of carbonyl (C=O) groups excluding carboxylic acids is 1. The van der Waals surface area contributed by atoms with E-state index in [1.54, 1.807) is 12.1 Å². The topological polar surface area (TPSA) is 63.2 Å². The van der Waals surface area contributed by atoms with Crippen LogP contribution in [0.2, 0.25) is 0 Å². The molecular formula is C17H20FN3O2S. The number of nitrogens with one attached hydrogen (secondary N) is 2. The summed E-state index contributed by atoms with van der Waals surface area (Å²) in [5.74, 6) is -0.381. The van der Waals surface area contributed by atoms with Gasteiger partial charge in [-0.2, -0.15) is 0 Å². The lowest BCUT2D eigenvalue weighted by atomic mass is 10.1. The number of anilines is 1. The van der Waals surface area contributed by atoms with Gasteiger partial charge >= 0.3 is 0 Å². The Kier molecular flexibility index (Phi) is 5.23. The standard InChI is InChI=1S/C17H20FN3O2S/c1-10-14(9-12-3-5-13(18)6-4-12)24-17(20-10)21-16(22)15-11(2)23-8-7-19-15/h3-6,11,15,19H,7-9H2,1-2H3,(H,20,21,22)/t11-,15+/m1/s1. The minimum absolute atomic E-state index is 0.135. The Bertz CT molecular complexity index is 717. The van der Waals surface area contributed by atoms with Crippen LogP contribution in [0.4, 0.5) is 9.52 Å². The maximum absolute atomic E-state index is 13.0. The predicted molar refractivity (Wildman–Crippen MR) is 91.9 cm³/mol. The maximum Gasteiger partial charge on any atom is 0.245 e. The Labute approximate surface area is 144 Å². The van der Waals surface area contributed by atoms with Gasteiger partial charge in [-0.3, -0.25) is 4.79 Å². The third-order valence-electron chi connectivity index (χ3n) is 4.00. The molecule has 2 N–H and O–H groups in total. The molecule has 7 heteroatoms. The molecule has 1 saturated heterocycles. The fourth-order valence-corrected chi connectivity index (χ4v) is 3.64. The van der Waals surface area contributed by atoms with Gasteiger partial charge in [0.05, 0.1) is 18.4 Å². The van der Waals surface area contributed by atoms with E-state index < -0.39 is 0 Å². The Balaban J connectivity index is 1.67. The quantitative estimate of drug-likeness (QED) is 0.890. The van der Waals surface area contributed by atoms with Crippen LogP contribution in [0.5, 0.6) is 0 Å². The first-order chi connectivity index (χ1) is 11.5. The van der Waals surface area contributed by atoms with E-state index in [9.17, 15) is 9.18 Å². The molecule has 3 rings (SSSR count). The fourth-order valence-electron chi connectivity index (χ4n) is 2.64. The molecule has 0 radical (unpaired) electrons. The first-order valence-electron chi connectivity index (χ1n) is 7.89. The minimum Gasteiger partial charge on any atom is -0.375 e. The first kappa shape index (κ1) is 17.0. The minimum atomic E-state index is -0.372. The molecule has 1 amide bonds. The Morgan fingerprint density at radius 2 is 2.21 bits per heavy atom. The number of benzene rings is 1. The normalized spacial score (nSPS) is 20.8. The third kappa shape index (κ3) is 3.98. The van der Waals surface area contributed by atoms with Crippen LogP contribution in [0.15, 0.2) is 24.3 Å². The van der Waals surface area contributed by atoms with Crippen molar-refractivity contribution in [2.45, 2.75) is 32.4 Å². The van der Waals surface area contributed by atoms with E-state index in [1.807, 2.05) is 13.8 Å². The summed E-state index contributed by atoms with van der Waals surface area (Å²) in [5.41, 5.74) is 1.89. The summed E-state index contributed by atoms with van der Waals surface area (Å²) in [6.45, 7) is 5.07. The van der Waals surface area contributed by atoms with Crippen LogP contribution in [0.1, 0.15) is 23.1 Å². The fraction of sp³-hybridized carbons (Fsp3) is 0.412. The molecule has 1 aliphatic rings. The Hall–Kier alpha value is -1.83. The summed E-state index contributed by atoms with van der Waals surface area (Å²) in [5, 5.41) is 6.60. The van der Waals surface area contributed by atoms with Crippen LogP contribution in [0, 0.1) is 12.7 Å². The van der Waals surface area contributed by atoms with Crippen LogP contribution < -0.4 is 10.6 Å². The number of aromatic nitrogens is 1. The Morgan fingerprint density at radius 1 is 1.46 bits per heavy atom. The number of amides is 1. The van der Waals surface area contributed by atoms with Gasteiger partial charge in [0.2, 0.25) is 5.91 Å². The molecule has 5 nitrogen and oxygen atoms in total. The van der Waals surface area contributed by atoms with Gasteiger partial charge in [-0.25, -0.2) is 9.37 Å². The molecule has 0 bridgehead atoms. The van der Waals surface area contributed by atoms with Crippen LogP contribution in [-0.4, -0.2) is 36.2 Å². The lowest BCUT2D eigenvalue weighted by Crippen LogP contribution is -2.53. The number of ether oxygens (including phenoxy) is 1. The number of halogens is 1. The van der Waals surface area contributed by atoms with E-state index in [-0.39, 0.29) is 23.9 Å². The zero-order valence-corrected chi connectivity index (χ0v) is 14.5. The van der Waals surface area contributed by atoms with E-state index in [2.05, 4.69) is 15.6 Å². The molecule has 0 unspecified atom stereocenters. The molecule has 1 fully saturated rings. The number of hydrogen-bond acceptors (Lipinski definition) is 5. The monoisotopic (exact) mass is 349 g/mol. The smallest absolute Gasteiger partial charge is 0.245 e. The van der Waals surface area contributed by atoms with Crippen LogP contribution in [-0.2, 0) is 16.0 Å². The molecule has 2 aromatic rings. The highest BCUT2D eigenvalue weighted by molar-refractivity contribution is 7.15. The summed E-state index contributed by atoms with van der Waals surface area (Å²) in [4.78, 5) is 17.8. The molecule has 2 heterocycles. The SMILES string of the molecule is Cc1nc(NC(=O)[C@H]2NCCO[C@@H]2C)sc1Cc1ccc(F)cc1. The van der Waals surface area contributed by atoms with E-state index in [0.29, 0.717) is 24.7 Å². The average molecular weight is 349 g/mol. The van der Waals surface area contributed by atoms with Gasteiger partial charge in [-0.1, -0.05) is 12.1 Å². The number of rotatable bonds is 4. The van der Waals surface area contributed by atoms with Crippen molar-refractivity contribution < 1.29 is 13.9 Å². The van der Waals surface area contributed by atoms with E-state index in [0.717, 1.165) is 16.1 Å². The van der Waals surface area contributed by atoms with Crippen molar-refractivity contribution in [3.8, 4) is 0 Å². The molecule has 2 atom stereocenters. The van der Waals surface area contributed by atoms with E-state index >= 15 is 0 Å². The average Bonchev–Trinajstić information content (AvgIpc) is 2.89. The van der Waals surface area contributed by atoms with Crippen molar-refractivity contribution in [2.24, 2.45) is 0 Å². The Morgan fingerprint density at radius 3 is 2.92 bits per heavy atom. The second-order valence-corrected chi connectivity index (χ2v) is 6.91. The molecule has 24 heavy (non-hydrogen) atoms. The van der Waals surface area contributed by atoms with Crippen molar-refractivity contribution in [1.82, 2.24) is 10.3 Å². The summed E-state index contributed by atoms with van der Waals surface area (Å²) < 4.78 is 18.5. The first-order valence-corrected chi connectivity index (χ1v) is 8.71. The number of aryl methyl sites for hydroxylation is 1. The molecule has 0 saturated carbocycles. The van der Waals surface area contributed by atoms with E-state index in [4.69, 9.17) is 4.74 Å². The maximum atomic E-state index is 13.0. The highest BCUT2D eigenvalue weighted by Crippen LogP contribution is 2.25. The van der Waals surface area contributed by atoms with Crippen molar-refractivity contribution in [2.75, 3.05) is 18.5 Å². The predicted octanol–water partition coefficient (Wildman–Crippen LogP) is 2.50. The van der Waals surface area contributed by atoms with Crippen molar-refractivity contribution in [1.29, 1.82) is 0 Å². The van der Waals surface area contributed by atoms with Gasteiger partial charge in [0.1, 0.15) is 11.9 Å². The molecule has 128 valence electrons. The number of morpholine rings is 1. The number of carbonyl (C=O) groups is 1. The lowest BCUT2D eigenvalue weighted by molar-refractivity contribution is -0.123. The largest absolute Gasteiger partial charge is 0.375 e. The van der Waals surface area contributed by atoms with Crippen molar-refractivity contribution >= 4 is 22.4 Å². The summed E-state index contributed by atoms with van der Waals surface area (Å²) in [6.07, 6.45) is 0.499. The number of thiazole rings is 1. The van der Waals surface area contributed by atoms with Gasteiger partial charge < -0.3 is 15.4 Å². The second-order valence-electron chi connectivity index (χ2n) is 5.83. The van der Waals surface area contributed by atoms with Gasteiger partial charge in [0, 0.05) is 17.8 Å². The third-order valence-corrected chi connectivity index (χ3v) is 5.07. The number of hydrogen-bond donors (Lipinski definition) is 2. The van der Waals surface area contributed by atoms with E-state index in [1.165, 1.54) is 23.5 Å². The summed E-state index contributed by atoms with van der Waals surface area (Å²) >= 11 is 1.45. The van der Waals surface area contributed by atoms with Gasteiger partial charge in [-0.15, -0.1) is 11.3 Å². The molecule has 1 aromatic carbocycles. The van der Waals surface area contributed by atoms with Crippen LogP contribution in [0.3, 0.4) is 0 Å². The lowest BCUT2D eigenvalue weighted by Gasteiger charge is -2.28. The second kappa shape index (κ2) is 7.38. The highest BCUT2D eigenvalue weighted by Gasteiger charge is 2.28. The van der Waals surface area contributed by atoms with Crippen molar-refractivity contribution in [3.05, 3.63) is 46.2 Å². The van der Waals surface area contributed by atoms with Gasteiger partial charge in [0.25, 0.3) is 0 Å². The number of nitrogens with zero attached hydrogens (tertiary/aromatic N) is 1. The molecule has 0 aliphatic carbocycles. The molecule has 1 aliphatic heterocycles. The zero-order chi connectivity index (χ0) is 17.1. The summed E-state index contributed by atoms with van der Waals surface area (Å²) in [7, 11) is 0. The molecule has 0 spiro atoms. The highest BCUT2D eigenvalue weighted by atomic mass is 32.1. The molecular weight excluding hydrogens is 329 g/mol. The summed E-state index contributed by atoms with van der Waals surface area (Å²) in [6, 6.07) is 6.05. The van der Waals surface area contributed by atoms with Gasteiger partial charge in [-0.05, 0) is 31.5 Å². The molecule has 1 aromatic heterocycles. The van der Waals surface area contributed by atoms with Gasteiger partial charge in [0.15, 0.2) is 5.13 Å². The zero-order valence-electron chi connectivity index (χ0n) is 13.6.